The Labute approximate surface area is 166 Å². The van der Waals surface area contributed by atoms with Crippen molar-refractivity contribution < 1.29 is 17.9 Å². The molecule has 2 fully saturated rings. The minimum atomic E-state index is -4.54. The molecule has 2 aromatic heterocycles. The summed E-state index contributed by atoms with van der Waals surface area (Å²) in [7, 11) is 0. The summed E-state index contributed by atoms with van der Waals surface area (Å²) in [5.74, 6) is 0.840. The Kier molecular flexibility index (Phi) is 4.41. The molecule has 0 radical (unpaired) electrons. The molecule has 1 saturated carbocycles. The first-order valence-electron chi connectivity index (χ1n) is 10.0. The SMILES string of the molecule is Cc1nn(C2CCC2)c2c1CC[C@@H]1COC[C@H]1Nc1nc(ncc1C(F)(F)F)N2. The van der Waals surface area contributed by atoms with Crippen LogP contribution >= 0.6 is 0 Å². The van der Waals surface area contributed by atoms with Gasteiger partial charge in [0.05, 0.1) is 31.0 Å². The monoisotopic (exact) mass is 408 g/mol. The van der Waals surface area contributed by atoms with Crippen LogP contribution in [0.4, 0.5) is 30.8 Å². The second-order valence-corrected chi connectivity index (χ2v) is 8.11. The molecule has 2 aliphatic heterocycles. The zero-order chi connectivity index (χ0) is 20.2. The van der Waals surface area contributed by atoms with Gasteiger partial charge in [-0.25, -0.2) is 9.67 Å². The Morgan fingerprint density at radius 2 is 2.03 bits per heavy atom. The molecular weight excluding hydrogens is 385 g/mol. The molecule has 10 heteroatoms. The van der Waals surface area contributed by atoms with E-state index in [9.17, 15) is 13.2 Å². The van der Waals surface area contributed by atoms with Crippen molar-refractivity contribution in [3.8, 4) is 0 Å². The minimum Gasteiger partial charge on any atom is -0.379 e. The number of halogens is 3. The molecule has 1 saturated heterocycles. The van der Waals surface area contributed by atoms with Crippen molar-refractivity contribution in [1.82, 2.24) is 19.7 Å². The summed E-state index contributed by atoms with van der Waals surface area (Å²) in [6.07, 6.45) is 1.14. The Morgan fingerprint density at radius 1 is 1.21 bits per heavy atom. The van der Waals surface area contributed by atoms with E-state index in [1.807, 2.05) is 11.6 Å². The third-order valence-electron chi connectivity index (χ3n) is 6.24. The van der Waals surface area contributed by atoms with Crippen molar-refractivity contribution in [2.75, 3.05) is 23.8 Å². The van der Waals surface area contributed by atoms with Crippen LogP contribution in [0.15, 0.2) is 6.20 Å². The molecule has 0 spiro atoms. The molecule has 0 amide bonds. The average Bonchev–Trinajstić information content (AvgIpc) is 3.15. The van der Waals surface area contributed by atoms with Crippen LogP contribution in [0.1, 0.15) is 48.5 Å². The number of hydrogen-bond acceptors (Lipinski definition) is 6. The molecule has 5 rings (SSSR count). The zero-order valence-electron chi connectivity index (χ0n) is 16.1. The molecule has 4 heterocycles. The number of rotatable bonds is 1. The van der Waals surface area contributed by atoms with Gasteiger partial charge in [-0.1, -0.05) is 0 Å². The maximum atomic E-state index is 13.5. The lowest BCUT2D eigenvalue weighted by Gasteiger charge is -2.27. The normalized spacial score (nSPS) is 24.6. The average molecular weight is 408 g/mol. The number of alkyl halides is 3. The van der Waals surface area contributed by atoms with Gasteiger partial charge < -0.3 is 15.4 Å². The van der Waals surface area contributed by atoms with Crippen LogP contribution in [0, 0.1) is 12.8 Å². The van der Waals surface area contributed by atoms with Crippen LogP contribution in [0.5, 0.6) is 0 Å². The molecule has 0 unspecified atom stereocenters. The molecule has 1 aliphatic carbocycles. The van der Waals surface area contributed by atoms with Crippen LogP contribution in [0.25, 0.3) is 0 Å². The number of anilines is 3. The predicted octanol–water partition coefficient (Wildman–Crippen LogP) is 3.84. The van der Waals surface area contributed by atoms with Gasteiger partial charge in [0.1, 0.15) is 17.2 Å². The first-order chi connectivity index (χ1) is 13.9. The van der Waals surface area contributed by atoms with Gasteiger partial charge in [0, 0.05) is 17.7 Å². The van der Waals surface area contributed by atoms with E-state index in [0.717, 1.165) is 55.4 Å². The van der Waals surface area contributed by atoms with E-state index in [2.05, 4.69) is 20.6 Å². The Balaban J connectivity index is 1.61. The van der Waals surface area contributed by atoms with Gasteiger partial charge in [0.15, 0.2) is 0 Å². The van der Waals surface area contributed by atoms with Gasteiger partial charge in [-0.3, -0.25) is 0 Å². The Bertz CT molecular complexity index is 923. The van der Waals surface area contributed by atoms with E-state index >= 15 is 0 Å². The highest BCUT2D eigenvalue weighted by Gasteiger charge is 2.38. The third kappa shape index (κ3) is 3.33. The third-order valence-corrected chi connectivity index (χ3v) is 6.24. The lowest BCUT2D eigenvalue weighted by molar-refractivity contribution is -0.137. The van der Waals surface area contributed by atoms with Crippen molar-refractivity contribution in [1.29, 1.82) is 0 Å². The quantitative estimate of drug-likeness (QED) is 0.747. The second-order valence-electron chi connectivity index (χ2n) is 8.11. The van der Waals surface area contributed by atoms with Crippen molar-refractivity contribution in [2.24, 2.45) is 5.92 Å². The van der Waals surface area contributed by atoms with E-state index in [4.69, 9.17) is 9.84 Å². The number of aromatic nitrogens is 4. The maximum absolute atomic E-state index is 13.5. The topological polar surface area (TPSA) is 76.9 Å². The van der Waals surface area contributed by atoms with Gasteiger partial charge >= 0.3 is 6.18 Å². The summed E-state index contributed by atoms with van der Waals surface area (Å²) in [6.45, 7) is 2.87. The summed E-state index contributed by atoms with van der Waals surface area (Å²) in [6, 6.07) is 0.0899. The first kappa shape index (κ1) is 18.7. The van der Waals surface area contributed by atoms with Crippen LogP contribution in [0.3, 0.4) is 0 Å². The Morgan fingerprint density at radius 3 is 2.76 bits per heavy atom. The summed E-state index contributed by atoms with van der Waals surface area (Å²) in [5.41, 5.74) is 1.15. The second kappa shape index (κ2) is 6.86. The van der Waals surface area contributed by atoms with Crippen LogP contribution in [-0.4, -0.2) is 39.0 Å². The van der Waals surface area contributed by atoms with Crippen molar-refractivity contribution in [3.05, 3.63) is 23.0 Å². The molecule has 2 atom stereocenters. The van der Waals surface area contributed by atoms with E-state index in [0.29, 0.717) is 19.3 Å². The largest absolute Gasteiger partial charge is 0.421 e. The van der Waals surface area contributed by atoms with E-state index in [1.54, 1.807) is 0 Å². The van der Waals surface area contributed by atoms with Crippen LogP contribution in [0.2, 0.25) is 0 Å². The summed E-state index contributed by atoms with van der Waals surface area (Å²) in [5, 5.41) is 10.9. The molecular formula is C19H23F3N6O. The highest BCUT2D eigenvalue weighted by molar-refractivity contribution is 5.59. The molecule has 2 bridgehead atoms. The molecule has 3 aliphatic rings. The zero-order valence-corrected chi connectivity index (χ0v) is 16.1. The highest BCUT2D eigenvalue weighted by Crippen LogP contribution is 2.39. The van der Waals surface area contributed by atoms with Gasteiger partial charge in [0.2, 0.25) is 5.95 Å². The van der Waals surface area contributed by atoms with Crippen molar-refractivity contribution >= 4 is 17.6 Å². The van der Waals surface area contributed by atoms with Crippen LogP contribution < -0.4 is 10.6 Å². The number of aryl methyl sites for hydroxylation is 1. The number of nitrogens with one attached hydrogen (secondary N) is 2. The van der Waals surface area contributed by atoms with Gasteiger partial charge in [-0.05, 0) is 39.0 Å². The number of ether oxygens (including phenoxy) is 1. The molecule has 2 N–H and O–H groups in total. The highest BCUT2D eigenvalue weighted by atomic mass is 19.4. The Hall–Kier alpha value is -2.36. The standard InChI is InChI=1S/C19H23F3N6O/c1-10-13-6-5-11-8-29-9-15(11)24-16-14(19(20,21)22)7-23-18(25-16)26-17(13)28(27-10)12-3-2-4-12/h7,11-12,15H,2-6,8-9H2,1H3,(H2,23,24,25,26)/t11-,15-/m1/s1. The fourth-order valence-corrected chi connectivity index (χ4v) is 4.32. The summed E-state index contributed by atoms with van der Waals surface area (Å²) in [4.78, 5) is 8.17. The molecule has 156 valence electrons. The first-order valence-corrected chi connectivity index (χ1v) is 10.0. The molecule has 2 aromatic rings. The number of hydrogen-bond donors (Lipinski definition) is 2. The molecule has 0 aromatic carbocycles. The van der Waals surface area contributed by atoms with Gasteiger partial charge in [0.25, 0.3) is 0 Å². The summed E-state index contributed by atoms with van der Waals surface area (Å²) < 4.78 is 48.1. The van der Waals surface area contributed by atoms with Gasteiger partial charge in [-0.2, -0.15) is 23.3 Å². The smallest absolute Gasteiger partial charge is 0.379 e. The lowest BCUT2D eigenvalue weighted by Crippen LogP contribution is -2.30. The van der Waals surface area contributed by atoms with E-state index < -0.39 is 11.7 Å². The number of fused-ring (bicyclic) bond motifs is 4. The number of nitrogens with zero attached hydrogens (tertiary/aromatic N) is 4. The molecule has 29 heavy (non-hydrogen) atoms. The van der Waals surface area contributed by atoms with E-state index in [-0.39, 0.29) is 23.7 Å². The lowest BCUT2D eigenvalue weighted by atomic mass is 9.93. The fourth-order valence-electron chi connectivity index (χ4n) is 4.32. The fraction of sp³-hybridized carbons (Fsp3) is 0.632. The van der Waals surface area contributed by atoms with Crippen LogP contribution in [-0.2, 0) is 17.3 Å². The van der Waals surface area contributed by atoms with Gasteiger partial charge in [-0.15, -0.1) is 0 Å². The van der Waals surface area contributed by atoms with Crippen molar-refractivity contribution in [3.63, 3.8) is 0 Å². The maximum Gasteiger partial charge on any atom is 0.421 e. The molecule has 7 nitrogen and oxygen atoms in total. The summed E-state index contributed by atoms with van der Waals surface area (Å²) >= 11 is 0. The minimum absolute atomic E-state index is 0.104. The predicted molar refractivity (Wildman–Crippen MR) is 100 cm³/mol. The van der Waals surface area contributed by atoms with Crippen molar-refractivity contribution in [2.45, 2.75) is 57.3 Å². The van der Waals surface area contributed by atoms with E-state index in [1.165, 1.54) is 0 Å².